The zero-order chi connectivity index (χ0) is 71.0. The highest BCUT2D eigenvalue weighted by Gasteiger charge is 2.39. The fourth-order valence-electron chi connectivity index (χ4n) is 15.4. The average Bonchev–Trinajstić information content (AvgIpc) is 1.65. The summed E-state index contributed by atoms with van der Waals surface area (Å²) in [6.45, 7) is 11.2. The van der Waals surface area contributed by atoms with Gasteiger partial charge in [0.2, 0.25) is 30.1 Å². The number of anilines is 3. The van der Waals surface area contributed by atoms with Crippen LogP contribution in [-0.4, -0.2) is 208 Å². The van der Waals surface area contributed by atoms with Gasteiger partial charge in [0.05, 0.1) is 71.1 Å². The minimum Gasteiger partial charge on any atom is -0.361 e. The molecular weight excluding hydrogens is 1370 g/mol. The molecule has 0 aromatic carbocycles. The van der Waals surface area contributed by atoms with Gasteiger partial charge in [-0.25, -0.2) is 96.2 Å². The van der Waals surface area contributed by atoms with Gasteiger partial charge in [-0.1, -0.05) is 19.6 Å². The molecule has 3 atom stereocenters. The second-order valence-corrected chi connectivity index (χ2v) is 40.2. The zero-order valence-electron chi connectivity index (χ0n) is 58.0. The third-order valence-electron chi connectivity index (χ3n) is 20.9. The minimum absolute atomic E-state index is 0.148. The van der Waals surface area contributed by atoms with E-state index in [4.69, 9.17) is 4.74 Å². The first-order valence-electron chi connectivity index (χ1n) is 34.6. The van der Waals surface area contributed by atoms with Gasteiger partial charge in [-0.05, 0) is 81.0 Å². The number of alkyl halides is 3. The van der Waals surface area contributed by atoms with E-state index in [2.05, 4.69) is 89.2 Å². The van der Waals surface area contributed by atoms with Crippen LogP contribution in [0.1, 0.15) is 107 Å². The van der Waals surface area contributed by atoms with E-state index in [1.165, 1.54) is 31.7 Å². The first kappa shape index (κ1) is 71.8. The molecule has 0 spiro atoms. The second-order valence-electron chi connectivity index (χ2n) is 28.6. The molecule has 9 aromatic rings. The van der Waals surface area contributed by atoms with Crippen LogP contribution in [0.3, 0.4) is 0 Å². The summed E-state index contributed by atoms with van der Waals surface area (Å²) in [5.74, 6) is 0.488. The number of fused-ring (bicyclic) bond motifs is 6. The molecule has 0 saturated carbocycles. The van der Waals surface area contributed by atoms with E-state index in [0.717, 1.165) is 139 Å². The number of hydrogen-bond donors (Lipinski definition) is 2. The van der Waals surface area contributed by atoms with Crippen LogP contribution in [0.25, 0.3) is 33.1 Å². The van der Waals surface area contributed by atoms with Crippen molar-refractivity contribution in [2.45, 2.75) is 146 Å². The van der Waals surface area contributed by atoms with Crippen molar-refractivity contribution in [1.29, 1.82) is 0 Å². The van der Waals surface area contributed by atoms with Crippen LogP contribution in [0.4, 0.5) is 30.2 Å². The van der Waals surface area contributed by atoms with E-state index in [9.17, 15) is 38.4 Å². The van der Waals surface area contributed by atoms with Crippen molar-refractivity contribution in [3.05, 3.63) is 143 Å². The summed E-state index contributed by atoms with van der Waals surface area (Å²) < 4.78 is 127. The molecule has 101 heavy (non-hydrogen) atoms. The molecule has 0 aliphatic carbocycles. The van der Waals surface area contributed by atoms with Crippen molar-refractivity contribution < 1.29 is 43.2 Å². The van der Waals surface area contributed by atoms with Gasteiger partial charge in [0.1, 0.15) is 62.7 Å². The lowest BCUT2D eigenvalue weighted by atomic mass is 9.87. The Balaban J connectivity index is 0.000000137. The number of sulfonamides is 3. The molecule has 25 nitrogen and oxygen atoms in total. The number of nitrogens with one attached hydrogen (secondary N) is 2. The molecule has 3 fully saturated rings. The first-order chi connectivity index (χ1) is 48.5. The van der Waals surface area contributed by atoms with Crippen molar-refractivity contribution >= 4 is 88.3 Å². The van der Waals surface area contributed by atoms with Crippen LogP contribution >= 0.6 is 0 Å². The lowest BCUT2D eigenvalue weighted by Crippen LogP contribution is -2.43. The first-order valence-corrected chi connectivity index (χ1v) is 43.9. The van der Waals surface area contributed by atoms with E-state index in [0.29, 0.717) is 97.7 Å². The largest absolute Gasteiger partial charge is 0.361 e. The quantitative estimate of drug-likeness (QED) is 0.0635. The Hall–Kier alpha value is -7.59. The van der Waals surface area contributed by atoms with E-state index in [1.54, 1.807) is 37.6 Å². The molecule has 0 amide bonds. The van der Waals surface area contributed by atoms with Gasteiger partial charge in [0.15, 0.2) is 0 Å². The van der Waals surface area contributed by atoms with Crippen LogP contribution in [0.15, 0.2) is 92.6 Å². The van der Waals surface area contributed by atoms with E-state index >= 15 is 0 Å². The number of nitrogens with zero attached hydrogens (tertiary/aromatic N) is 16. The Bertz CT molecular complexity index is 4580. The van der Waals surface area contributed by atoms with Gasteiger partial charge in [0, 0.05) is 198 Å². The van der Waals surface area contributed by atoms with Crippen molar-refractivity contribution in [2.75, 3.05) is 99.4 Å². The highest BCUT2D eigenvalue weighted by molar-refractivity contribution is 7.88. The fourth-order valence-corrected chi connectivity index (χ4v) is 18.8. The van der Waals surface area contributed by atoms with Crippen molar-refractivity contribution in [2.24, 2.45) is 0 Å². The van der Waals surface area contributed by atoms with Crippen LogP contribution in [0, 0.1) is 0 Å². The maximum atomic E-state index is 14.4. The van der Waals surface area contributed by atoms with Gasteiger partial charge >= 0.3 is 0 Å². The number of piperidine rings is 3. The van der Waals surface area contributed by atoms with E-state index in [-0.39, 0.29) is 35.9 Å². The SMILES string of the molecule is CS(=O)(=O)N1CCC(c2ncnc3c2CN(c2ccnc4[nH]ccc24)[C@@H](CF)C3)CC1.CS(=O)(=O)N1CCC(c2ncnc3c2CN(c2ccnc4[nH]ccc24)[C@H](CF)C3)CC1.C[Si](C)(C)CCOCn1ccc2c(N3Cc4c(ncnc4C4CCN(S(C)(=O)=O)CC4)CC3CF)ccnc21. The van der Waals surface area contributed by atoms with Crippen LogP contribution in [0.5, 0.6) is 0 Å². The molecule has 15 rings (SSSR count). The average molecular weight is 1460 g/mol. The molecule has 1 unspecified atom stereocenters. The molecule has 15 heterocycles. The van der Waals surface area contributed by atoms with Crippen molar-refractivity contribution in [3.8, 4) is 0 Å². The van der Waals surface area contributed by atoms with E-state index in [1.807, 2.05) is 59.6 Å². The standard InChI is InChI=1S/C27H39FN6O3SSi.2C21H25FN6O2S/c1-38(35,36)33-11-6-20(7-12-33)26-23-17-34(21(16-28)15-24(23)30-18-31-26)25-5-9-29-27-22(25)8-10-32(27)19-37-13-14-39(2,3)4;2*1-31(29,30)27-8-4-14(5-9-27)20-17-12-28(15(11-22)10-18(17)25-13-26-20)19-3-7-24-21-16(19)2-6-23-21/h5,8-10,18,20-21H,6-7,11-17,19H2,1-4H3;2*2-3,6-7,13-15H,4-5,8-12H2,1H3,(H,23,24)/t;2*15-/m.10/s1. The monoisotopic (exact) mass is 1460 g/mol. The third-order valence-corrected chi connectivity index (χ3v) is 26.5. The van der Waals surface area contributed by atoms with Crippen LogP contribution in [-0.2, 0) is 80.4 Å². The van der Waals surface area contributed by atoms with Gasteiger partial charge < -0.3 is 34.0 Å². The summed E-state index contributed by atoms with van der Waals surface area (Å²) in [4.78, 5) is 53.3. The summed E-state index contributed by atoms with van der Waals surface area (Å²) in [6, 6.07) is 11.9. The minimum atomic E-state index is -3.20. The molecular formula is C69H89F3N18O7S3Si. The van der Waals surface area contributed by atoms with Gasteiger partial charge in [-0.3, -0.25) is 0 Å². The highest BCUT2D eigenvalue weighted by Crippen LogP contribution is 2.42. The Morgan fingerprint density at radius 3 is 1.18 bits per heavy atom. The molecule has 32 heteroatoms. The Labute approximate surface area is 589 Å². The topological polar surface area (TPSA) is 284 Å². The molecule has 0 radical (unpaired) electrons. The number of pyridine rings is 3. The maximum Gasteiger partial charge on any atom is 0.211 e. The summed E-state index contributed by atoms with van der Waals surface area (Å²) in [5, 5.41) is 2.89. The Kier molecular flexibility index (Phi) is 21.3. The van der Waals surface area contributed by atoms with Gasteiger partial charge in [0.25, 0.3) is 0 Å². The summed E-state index contributed by atoms with van der Waals surface area (Å²) in [5.41, 5.74) is 13.9. The molecule has 2 N–H and O–H groups in total. The number of rotatable bonds is 17. The molecule has 3 saturated heterocycles. The summed E-state index contributed by atoms with van der Waals surface area (Å²) >= 11 is 0. The number of halogens is 3. The zero-order valence-corrected chi connectivity index (χ0v) is 61.4. The summed E-state index contributed by atoms with van der Waals surface area (Å²) in [7, 11) is -10.7. The van der Waals surface area contributed by atoms with Crippen molar-refractivity contribution in [3.63, 3.8) is 0 Å². The summed E-state index contributed by atoms with van der Waals surface area (Å²) in [6.07, 6.45) is 25.2. The lowest BCUT2D eigenvalue weighted by Gasteiger charge is -2.39. The fraction of sp³-hybridized carbons (Fsp3) is 0.522. The molecule has 540 valence electrons. The van der Waals surface area contributed by atoms with Crippen LogP contribution in [0.2, 0.25) is 25.7 Å². The number of H-pyrrole nitrogens is 2. The second kappa shape index (κ2) is 30.0. The smallest absolute Gasteiger partial charge is 0.211 e. The van der Waals surface area contributed by atoms with Crippen LogP contribution < -0.4 is 14.7 Å². The van der Waals surface area contributed by atoms with E-state index < -0.39 is 58.2 Å². The molecule has 0 bridgehead atoms. The Morgan fingerprint density at radius 2 is 0.832 bits per heavy atom. The Morgan fingerprint density at radius 1 is 0.475 bits per heavy atom. The molecule has 9 aromatic heterocycles. The predicted octanol–water partition coefficient (Wildman–Crippen LogP) is 8.96. The number of aromatic amines is 2. The third kappa shape index (κ3) is 15.7. The van der Waals surface area contributed by atoms with Gasteiger partial charge in [-0.2, -0.15) is 0 Å². The normalized spacial score (nSPS) is 20.3. The van der Waals surface area contributed by atoms with Crippen molar-refractivity contribution in [1.82, 2.24) is 72.3 Å². The molecule has 6 aliphatic heterocycles. The van der Waals surface area contributed by atoms with Gasteiger partial charge in [-0.15, -0.1) is 0 Å². The highest BCUT2D eigenvalue weighted by atomic mass is 32.2. The number of aromatic nitrogens is 12. The number of ether oxygens (including phenoxy) is 1. The number of hydrogen-bond acceptors (Lipinski definition) is 19. The predicted molar refractivity (Wildman–Crippen MR) is 386 cm³/mol. The maximum absolute atomic E-state index is 14.4. The lowest BCUT2D eigenvalue weighted by molar-refractivity contribution is 0.0899. The molecule has 6 aliphatic rings.